The Morgan fingerprint density at radius 1 is 1.09 bits per heavy atom. The van der Waals surface area contributed by atoms with Crippen molar-refractivity contribution >= 4 is 22.5 Å². The first-order chi connectivity index (χ1) is 10.7. The summed E-state index contributed by atoms with van der Waals surface area (Å²) in [5.74, 6) is -0.841. The molecule has 0 amide bonds. The summed E-state index contributed by atoms with van der Waals surface area (Å²) in [6.45, 7) is 10.0. The van der Waals surface area contributed by atoms with E-state index in [0.29, 0.717) is 11.1 Å². The van der Waals surface area contributed by atoms with E-state index >= 15 is 0 Å². The highest BCUT2D eigenvalue weighted by Gasteiger charge is 2.60. The molecular weight excluding hydrogens is 288 g/mol. The van der Waals surface area contributed by atoms with E-state index in [-0.39, 0.29) is 22.9 Å². The monoisotopic (exact) mass is 310 g/mol. The minimum atomic E-state index is -0.640. The van der Waals surface area contributed by atoms with Gasteiger partial charge in [0.1, 0.15) is 17.8 Å². The number of benzene rings is 1. The van der Waals surface area contributed by atoms with Crippen molar-refractivity contribution in [2.45, 2.75) is 34.6 Å². The fraction of sp³-hybridized carbons (Fsp3) is 0.474. The number of fused-ring (bicyclic) bond motifs is 1. The summed E-state index contributed by atoms with van der Waals surface area (Å²) in [4.78, 5) is 34.5. The first kappa shape index (κ1) is 15.8. The highest BCUT2D eigenvalue weighted by atomic mass is 16.2. The summed E-state index contributed by atoms with van der Waals surface area (Å²) < 4.78 is 0. The maximum Gasteiger partial charge on any atom is 0.192 e. The van der Waals surface area contributed by atoms with Crippen molar-refractivity contribution in [1.29, 1.82) is 0 Å². The maximum absolute atomic E-state index is 13.1. The Labute approximate surface area is 136 Å². The number of carbonyl (C=O) groups excluding carboxylic acids is 2. The maximum atomic E-state index is 13.1. The van der Waals surface area contributed by atoms with E-state index in [2.05, 4.69) is 23.8 Å². The Morgan fingerprint density at radius 2 is 1.74 bits per heavy atom. The van der Waals surface area contributed by atoms with E-state index in [0.717, 1.165) is 5.52 Å². The van der Waals surface area contributed by atoms with Crippen molar-refractivity contribution in [3.05, 3.63) is 36.3 Å². The van der Waals surface area contributed by atoms with E-state index in [4.69, 9.17) is 0 Å². The molecule has 2 unspecified atom stereocenters. The molecule has 0 aliphatic heterocycles. The van der Waals surface area contributed by atoms with Crippen LogP contribution >= 0.6 is 0 Å². The number of aromatic nitrogens is 2. The molecule has 1 aromatic carbocycles. The Bertz CT molecular complexity index is 803. The molecule has 2 aromatic rings. The van der Waals surface area contributed by atoms with Crippen LogP contribution in [0.4, 0.5) is 0 Å². The molecule has 1 aliphatic rings. The van der Waals surface area contributed by atoms with Gasteiger partial charge in [0.25, 0.3) is 0 Å². The van der Waals surface area contributed by atoms with E-state index in [1.54, 1.807) is 0 Å². The van der Waals surface area contributed by atoms with Crippen LogP contribution in [0.3, 0.4) is 0 Å². The molecule has 1 heterocycles. The third-order valence-corrected chi connectivity index (χ3v) is 6.21. The van der Waals surface area contributed by atoms with Crippen molar-refractivity contribution in [3.8, 4) is 0 Å². The Kier molecular flexibility index (Phi) is 3.40. The predicted molar refractivity (Wildman–Crippen MR) is 89.1 cm³/mol. The molecule has 1 aromatic heterocycles. The average molecular weight is 310 g/mol. The summed E-state index contributed by atoms with van der Waals surface area (Å²) in [5.41, 5.74) is 0.305. The van der Waals surface area contributed by atoms with Crippen molar-refractivity contribution in [2.75, 3.05) is 0 Å². The third-order valence-electron chi connectivity index (χ3n) is 6.21. The normalized spacial score (nSPS) is 25.7. The first-order valence-corrected chi connectivity index (χ1v) is 7.98. The van der Waals surface area contributed by atoms with Crippen LogP contribution in [-0.2, 0) is 4.79 Å². The molecule has 0 bridgehead atoms. The van der Waals surface area contributed by atoms with Gasteiger partial charge in [-0.1, -0.05) is 52.8 Å². The molecule has 4 heteroatoms. The van der Waals surface area contributed by atoms with Crippen molar-refractivity contribution in [1.82, 2.24) is 9.97 Å². The number of hydrogen-bond acceptors (Lipinski definition) is 4. The molecule has 0 radical (unpaired) electrons. The van der Waals surface area contributed by atoms with Gasteiger partial charge in [-0.05, 0) is 17.4 Å². The topological polar surface area (TPSA) is 59.9 Å². The second-order valence-corrected chi connectivity index (χ2v) is 7.58. The first-order valence-electron chi connectivity index (χ1n) is 7.98. The SMILES string of the molecule is CC1C(C(=O)c2ncnc3ccccc23)C(=O)C(C)(C)C1(C)C. The lowest BCUT2D eigenvalue weighted by atomic mass is 9.67. The number of nitrogens with zero attached hydrogens (tertiary/aromatic N) is 2. The molecule has 120 valence electrons. The molecule has 0 saturated heterocycles. The van der Waals surface area contributed by atoms with Crippen LogP contribution in [0.5, 0.6) is 0 Å². The highest BCUT2D eigenvalue weighted by molar-refractivity contribution is 6.17. The predicted octanol–water partition coefficient (Wildman–Crippen LogP) is 3.70. The largest absolute Gasteiger partial charge is 0.298 e. The summed E-state index contributed by atoms with van der Waals surface area (Å²) in [7, 11) is 0. The van der Waals surface area contributed by atoms with Crippen LogP contribution in [0.25, 0.3) is 10.9 Å². The molecule has 1 fully saturated rings. The molecule has 0 N–H and O–H groups in total. The Balaban J connectivity index is 2.12. The quantitative estimate of drug-likeness (QED) is 0.627. The summed E-state index contributed by atoms with van der Waals surface area (Å²) in [6.07, 6.45) is 1.40. The minimum absolute atomic E-state index is 0.0164. The van der Waals surface area contributed by atoms with Gasteiger partial charge in [0.15, 0.2) is 5.78 Å². The van der Waals surface area contributed by atoms with Crippen LogP contribution in [0.2, 0.25) is 0 Å². The summed E-state index contributed by atoms with van der Waals surface area (Å²) in [6, 6.07) is 7.42. The lowest BCUT2D eigenvalue weighted by molar-refractivity contribution is -0.128. The molecule has 23 heavy (non-hydrogen) atoms. The number of para-hydroxylation sites is 1. The molecule has 1 aliphatic carbocycles. The van der Waals surface area contributed by atoms with Crippen molar-refractivity contribution in [2.24, 2.45) is 22.7 Å². The van der Waals surface area contributed by atoms with Gasteiger partial charge < -0.3 is 0 Å². The molecule has 0 spiro atoms. The van der Waals surface area contributed by atoms with Gasteiger partial charge in [0.2, 0.25) is 0 Å². The van der Waals surface area contributed by atoms with Gasteiger partial charge in [-0.25, -0.2) is 9.97 Å². The molecule has 2 atom stereocenters. The number of Topliss-reactive ketones (excluding diaryl/α,β-unsaturated/α-hetero) is 2. The highest BCUT2D eigenvalue weighted by Crippen LogP contribution is 2.56. The van der Waals surface area contributed by atoms with Gasteiger partial charge in [0.05, 0.1) is 11.4 Å². The number of hydrogen-bond donors (Lipinski definition) is 0. The van der Waals surface area contributed by atoms with Gasteiger partial charge in [-0.2, -0.15) is 0 Å². The average Bonchev–Trinajstić information content (AvgIpc) is 2.64. The zero-order valence-corrected chi connectivity index (χ0v) is 14.3. The lowest BCUT2D eigenvalue weighted by Gasteiger charge is -2.36. The number of carbonyl (C=O) groups is 2. The van der Waals surface area contributed by atoms with E-state index < -0.39 is 11.3 Å². The van der Waals surface area contributed by atoms with Gasteiger partial charge in [-0.15, -0.1) is 0 Å². The summed E-state index contributed by atoms with van der Waals surface area (Å²) >= 11 is 0. The van der Waals surface area contributed by atoms with Crippen LogP contribution in [0.15, 0.2) is 30.6 Å². The standard InChI is InChI=1S/C19H22N2O2/c1-11-14(17(23)19(4,5)18(11,2)3)16(22)15-12-8-6-7-9-13(12)20-10-21-15/h6-11,14H,1-5H3. The van der Waals surface area contributed by atoms with Crippen LogP contribution in [0, 0.1) is 22.7 Å². The number of rotatable bonds is 2. The van der Waals surface area contributed by atoms with Crippen LogP contribution in [0.1, 0.15) is 45.1 Å². The lowest BCUT2D eigenvalue weighted by Crippen LogP contribution is -2.34. The smallest absolute Gasteiger partial charge is 0.192 e. The van der Waals surface area contributed by atoms with Crippen LogP contribution < -0.4 is 0 Å². The molecular formula is C19H22N2O2. The fourth-order valence-corrected chi connectivity index (χ4v) is 3.61. The van der Waals surface area contributed by atoms with Crippen molar-refractivity contribution < 1.29 is 9.59 Å². The summed E-state index contributed by atoms with van der Waals surface area (Å²) in [5, 5.41) is 0.711. The van der Waals surface area contributed by atoms with Crippen LogP contribution in [-0.4, -0.2) is 21.5 Å². The van der Waals surface area contributed by atoms with Gasteiger partial charge >= 0.3 is 0 Å². The molecule has 4 nitrogen and oxygen atoms in total. The molecule has 3 rings (SSSR count). The zero-order chi connectivity index (χ0) is 17.0. The molecule has 1 saturated carbocycles. The minimum Gasteiger partial charge on any atom is -0.298 e. The van der Waals surface area contributed by atoms with E-state index in [9.17, 15) is 9.59 Å². The zero-order valence-electron chi connectivity index (χ0n) is 14.3. The Morgan fingerprint density at radius 3 is 2.35 bits per heavy atom. The van der Waals surface area contributed by atoms with E-state index in [1.165, 1.54) is 6.33 Å². The second-order valence-electron chi connectivity index (χ2n) is 7.58. The van der Waals surface area contributed by atoms with E-state index in [1.807, 2.05) is 45.0 Å². The third kappa shape index (κ3) is 2.04. The van der Waals surface area contributed by atoms with Gasteiger partial charge in [0, 0.05) is 10.8 Å². The number of ketones is 2. The van der Waals surface area contributed by atoms with Gasteiger partial charge in [-0.3, -0.25) is 9.59 Å². The Hall–Kier alpha value is -2.10. The second kappa shape index (κ2) is 4.95. The fourth-order valence-electron chi connectivity index (χ4n) is 3.61. The van der Waals surface area contributed by atoms with Crippen molar-refractivity contribution in [3.63, 3.8) is 0 Å².